The number of furan rings is 1. The molecular formula is C16H20N2O2. The van der Waals surface area contributed by atoms with Crippen LogP contribution in [0.2, 0.25) is 0 Å². The van der Waals surface area contributed by atoms with E-state index in [4.69, 9.17) is 14.9 Å². The molecule has 2 heterocycles. The zero-order valence-corrected chi connectivity index (χ0v) is 11.4. The number of morpholine rings is 1. The molecule has 1 aliphatic heterocycles. The van der Waals surface area contributed by atoms with Gasteiger partial charge in [0.15, 0.2) is 0 Å². The van der Waals surface area contributed by atoms with Crippen molar-refractivity contribution in [2.24, 2.45) is 5.73 Å². The molecule has 0 radical (unpaired) electrons. The molecular weight excluding hydrogens is 252 g/mol. The Morgan fingerprint density at radius 2 is 2.05 bits per heavy atom. The lowest BCUT2D eigenvalue weighted by atomic mass is 10.0. The molecule has 0 saturated carbocycles. The lowest BCUT2D eigenvalue weighted by Crippen LogP contribution is -2.47. The molecule has 0 bridgehead atoms. The van der Waals surface area contributed by atoms with Crippen LogP contribution in [0.5, 0.6) is 0 Å². The van der Waals surface area contributed by atoms with E-state index in [2.05, 4.69) is 29.2 Å². The predicted octanol–water partition coefficient (Wildman–Crippen LogP) is 2.03. The van der Waals surface area contributed by atoms with Crippen molar-refractivity contribution in [3.05, 3.63) is 60.1 Å². The standard InChI is InChI=1S/C16H20N2O2/c17-11-14-12-18(8-10-19-14)16(15-7-4-9-20-15)13-5-2-1-3-6-13/h1-7,9,14,16H,8,10-12,17H2. The van der Waals surface area contributed by atoms with Crippen molar-refractivity contribution in [2.45, 2.75) is 12.1 Å². The second-order valence-corrected chi connectivity index (χ2v) is 5.05. The fourth-order valence-corrected chi connectivity index (χ4v) is 2.76. The van der Waals surface area contributed by atoms with Crippen molar-refractivity contribution in [3.63, 3.8) is 0 Å². The van der Waals surface area contributed by atoms with E-state index >= 15 is 0 Å². The van der Waals surface area contributed by atoms with Gasteiger partial charge in [0.1, 0.15) is 5.76 Å². The number of nitrogens with two attached hydrogens (primary N) is 1. The third-order valence-corrected chi connectivity index (χ3v) is 3.73. The quantitative estimate of drug-likeness (QED) is 0.925. The average molecular weight is 272 g/mol. The van der Waals surface area contributed by atoms with Gasteiger partial charge in [0, 0.05) is 19.6 Å². The van der Waals surface area contributed by atoms with Gasteiger partial charge in [-0.05, 0) is 17.7 Å². The van der Waals surface area contributed by atoms with Crippen LogP contribution in [-0.2, 0) is 4.74 Å². The molecule has 1 fully saturated rings. The second kappa shape index (κ2) is 6.22. The topological polar surface area (TPSA) is 51.6 Å². The highest BCUT2D eigenvalue weighted by atomic mass is 16.5. The molecule has 0 spiro atoms. The average Bonchev–Trinajstić information content (AvgIpc) is 3.03. The van der Waals surface area contributed by atoms with Crippen molar-refractivity contribution < 1.29 is 9.15 Å². The first-order valence-corrected chi connectivity index (χ1v) is 7.02. The van der Waals surface area contributed by atoms with Gasteiger partial charge in [0.05, 0.1) is 25.0 Å². The molecule has 4 heteroatoms. The molecule has 4 nitrogen and oxygen atoms in total. The number of hydrogen-bond donors (Lipinski definition) is 1. The molecule has 1 saturated heterocycles. The molecule has 2 unspecified atom stereocenters. The molecule has 1 aromatic carbocycles. The van der Waals surface area contributed by atoms with Crippen molar-refractivity contribution in [1.82, 2.24) is 4.90 Å². The largest absolute Gasteiger partial charge is 0.467 e. The van der Waals surface area contributed by atoms with Gasteiger partial charge < -0.3 is 14.9 Å². The zero-order valence-electron chi connectivity index (χ0n) is 11.4. The summed E-state index contributed by atoms with van der Waals surface area (Å²) < 4.78 is 11.3. The SMILES string of the molecule is NCC1CN(C(c2ccccc2)c2ccco2)CCO1. The minimum absolute atomic E-state index is 0.102. The maximum Gasteiger partial charge on any atom is 0.125 e. The molecule has 0 aliphatic carbocycles. The Bertz CT molecular complexity index is 513. The third kappa shape index (κ3) is 2.77. The minimum Gasteiger partial charge on any atom is -0.467 e. The predicted molar refractivity (Wildman–Crippen MR) is 77.4 cm³/mol. The van der Waals surface area contributed by atoms with Crippen LogP contribution in [-0.4, -0.2) is 37.2 Å². The summed E-state index contributed by atoms with van der Waals surface area (Å²) in [6, 6.07) is 14.5. The van der Waals surface area contributed by atoms with Crippen LogP contribution in [0.4, 0.5) is 0 Å². The summed E-state index contributed by atoms with van der Waals surface area (Å²) >= 11 is 0. The zero-order chi connectivity index (χ0) is 13.8. The van der Waals surface area contributed by atoms with Crippen LogP contribution in [0, 0.1) is 0 Å². The summed E-state index contributed by atoms with van der Waals surface area (Å²) in [5.41, 5.74) is 6.98. The Morgan fingerprint density at radius 1 is 1.20 bits per heavy atom. The second-order valence-electron chi connectivity index (χ2n) is 5.05. The van der Waals surface area contributed by atoms with E-state index in [0.717, 1.165) is 18.8 Å². The van der Waals surface area contributed by atoms with Crippen molar-refractivity contribution in [1.29, 1.82) is 0 Å². The van der Waals surface area contributed by atoms with Gasteiger partial charge in [-0.25, -0.2) is 0 Å². The molecule has 106 valence electrons. The van der Waals surface area contributed by atoms with E-state index in [1.165, 1.54) is 5.56 Å². The van der Waals surface area contributed by atoms with Gasteiger partial charge in [0.2, 0.25) is 0 Å². The Hall–Kier alpha value is -1.62. The lowest BCUT2D eigenvalue weighted by Gasteiger charge is -2.37. The minimum atomic E-state index is 0.102. The van der Waals surface area contributed by atoms with Gasteiger partial charge in [-0.1, -0.05) is 30.3 Å². The van der Waals surface area contributed by atoms with Gasteiger partial charge in [0.25, 0.3) is 0 Å². The van der Waals surface area contributed by atoms with Crippen LogP contribution in [0.15, 0.2) is 53.1 Å². The smallest absolute Gasteiger partial charge is 0.125 e. The van der Waals surface area contributed by atoms with Gasteiger partial charge >= 0.3 is 0 Å². The normalized spacial score (nSPS) is 21.8. The Morgan fingerprint density at radius 3 is 2.75 bits per heavy atom. The highest BCUT2D eigenvalue weighted by Crippen LogP contribution is 2.30. The lowest BCUT2D eigenvalue weighted by molar-refractivity contribution is -0.0358. The molecule has 3 rings (SSSR count). The van der Waals surface area contributed by atoms with Crippen molar-refractivity contribution in [3.8, 4) is 0 Å². The molecule has 1 aliphatic rings. The first kappa shape index (κ1) is 13.4. The number of ether oxygens (including phenoxy) is 1. The molecule has 1 aromatic heterocycles. The van der Waals surface area contributed by atoms with E-state index in [1.54, 1.807) is 6.26 Å². The molecule has 0 amide bonds. The van der Waals surface area contributed by atoms with Crippen LogP contribution in [0.1, 0.15) is 17.4 Å². The van der Waals surface area contributed by atoms with Gasteiger partial charge in [-0.2, -0.15) is 0 Å². The highest BCUT2D eigenvalue weighted by Gasteiger charge is 2.29. The Balaban J connectivity index is 1.90. The van der Waals surface area contributed by atoms with Crippen molar-refractivity contribution >= 4 is 0 Å². The summed E-state index contributed by atoms with van der Waals surface area (Å²) in [5.74, 6) is 0.967. The first-order valence-electron chi connectivity index (χ1n) is 7.02. The third-order valence-electron chi connectivity index (χ3n) is 3.73. The summed E-state index contributed by atoms with van der Waals surface area (Å²) in [4.78, 5) is 2.38. The summed E-state index contributed by atoms with van der Waals surface area (Å²) in [6.45, 7) is 2.98. The maximum absolute atomic E-state index is 5.75. The van der Waals surface area contributed by atoms with E-state index in [9.17, 15) is 0 Å². The maximum atomic E-state index is 5.75. The van der Waals surface area contributed by atoms with Gasteiger partial charge in [-0.15, -0.1) is 0 Å². The summed E-state index contributed by atoms with van der Waals surface area (Å²) in [5, 5.41) is 0. The number of hydrogen-bond acceptors (Lipinski definition) is 4. The van der Waals surface area contributed by atoms with Crippen LogP contribution < -0.4 is 5.73 Å². The fourth-order valence-electron chi connectivity index (χ4n) is 2.76. The molecule has 2 N–H and O–H groups in total. The monoisotopic (exact) mass is 272 g/mol. The summed E-state index contributed by atoms with van der Waals surface area (Å²) in [7, 11) is 0. The number of nitrogens with zero attached hydrogens (tertiary/aromatic N) is 1. The Kier molecular flexibility index (Phi) is 4.16. The molecule has 20 heavy (non-hydrogen) atoms. The van der Waals surface area contributed by atoms with E-state index in [1.807, 2.05) is 18.2 Å². The van der Waals surface area contributed by atoms with Crippen LogP contribution in [0.25, 0.3) is 0 Å². The fraction of sp³-hybridized carbons (Fsp3) is 0.375. The van der Waals surface area contributed by atoms with E-state index < -0.39 is 0 Å². The summed E-state index contributed by atoms with van der Waals surface area (Å²) in [6.07, 6.45) is 1.83. The van der Waals surface area contributed by atoms with Crippen molar-refractivity contribution in [2.75, 3.05) is 26.2 Å². The molecule has 2 atom stereocenters. The highest BCUT2D eigenvalue weighted by molar-refractivity contribution is 5.26. The van der Waals surface area contributed by atoms with Crippen LogP contribution in [0.3, 0.4) is 0 Å². The van der Waals surface area contributed by atoms with E-state index in [-0.39, 0.29) is 12.1 Å². The Labute approximate surface area is 119 Å². The van der Waals surface area contributed by atoms with Gasteiger partial charge in [-0.3, -0.25) is 4.90 Å². The number of benzene rings is 1. The molecule has 2 aromatic rings. The number of rotatable bonds is 4. The van der Waals surface area contributed by atoms with Crippen LogP contribution >= 0.6 is 0 Å². The first-order chi connectivity index (χ1) is 9.88. The van der Waals surface area contributed by atoms with E-state index in [0.29, 0.717) is 13.2 Å².